The summed E-state index contributed by atoms with van der Waals surface area (Å²) in [5.74, 6) is 0.965. The predicted molar refractivity (Wildman–Crippen MR) is 68.3 cm³/mol. The molecule has 3 nitrogen and oxygen atoms in total. The highest BCUT2D eigenvalue weighted by atomic mass is 16.5. The molecule has 0 spiro atoms. The van der Waals surface area contributed by atoms with Crippen LogP contribution in [-0.2, 0) is 6.42 Å². The van der Waals surface area contributed by atoms with Crippen molar-refractivity contribution in [2.45, 2.75) is 26.4 Å². The Hall–Kier alpha value is -1.06. The van der Waals surface area contributed by atoms with Gasteiger partial charge < -0.3 is 15.2 Å². The van der Waals surface area contributed by atoms with E-state index in [4.69, 9.17) is 4.74 Å². The molecule has 0 amide bonds. The predicted octanol–water partition coefficient (Wildman–Crippen LogP) is 1.90. The Labute approximate surface area is 103 Å². The molecule has 0 saturated carbocycles. The van der Waals surface area contributed by atoms with Gasteiger partial charge in [0.25, 0.3) is 0 Å². The van der Waals surface area contributed by atoms with Gasteiger partial charge in [-0.25, -0.2) is 0 Å². The normalized spacial score (nSPS) is 16.5. The Balaban J connectivity index is 2.22. The fraction of sp³-hybridized carbons (Fsp3) is 0.571. The quantitative estimate of drug-likeness (QED) is 0.837. The SMILES string of the molecule is CNCC(C)(C)C(O)c1ccc2c(c1)CCO2. The summed E-state index contributed by atoms with van der Waals surface area (Å²) in [5.41, 5.74) is 2.01. The lowest BCUT2D eigenvalue weighted by molar-refractivity contribution is 0.0505. The van der Waals surface area contributed by atoms with Gasteiger partial charge in [-0.15, -0.1) is 0 Å². The number of aliphatic hydroxyl groups is 1. The molecule has 1 aromatic rings. The monoisotopic (exact) mass is 235 g/mol. The van der Waals surface area contributed by atoms with E-state index in [1.807, 2.05) is 19.2 Å². The number of hydrogen-bond donors (Lipinski definition) is 2. The minimum absolute atomic E-state index is 0.178. The van der Waals surface area contributed by atoms with Crippen LogP contribution in [-0.4, -0.2) is 25.3 Å². The Kier molecular flexibility index (Phi) is 3.40. The van der Waals surface area contributed by atoms with Gasteiger partial charge >= 0.3 is 0 Å². The first-order valence-corrected chi connectivity index (χ1v) is 6.13. The van der Waals surface area contributed by atoms with Crippen LogP contribution in [0.5, 0.6) is 5.75 Å². The Morgan fingerprint density at radius 3 is 2.94 bits per heavy atom. The minimum Gasteiger partial charge on any atom is -0.493 e. The molecule has 0 radical (unpaired) electrons. The van der Waals surface area contributed by atoms with Crippen LogP contribution >= 0.6 is 0 Å². The largest absolute Gasteiger partial charge is 0.493 e. The second-order valence-electron chi connectivity index (χ2n) is 5.39. The van der Waals surface area contributed by atoms with Crippen LogP contribution in [0, 0.1) is 5.41 Å². The smallest absolute Gasteiger partial charge is 0.122 e. The highest BCUT2D eigenvalue weighted by Crippen LogP contribution is 2.35. The molecule has 0 aromatic heterocycles. The maximum absolute atomic E-state index is 10.4. The summed E-state index contributed by atoms with van der Waals surface area (Å²) in [6.45, 7) is 5.67. The van der Waals surface area contributed by atoms with Gasteiger partial charge in [-0.3, -0.25) is 0 Å². The fourth-order valence-electron chi connectivity index (χ4n) is 2.38. The summed E-state index contributed by atoms with van der Waals surface area (Å²) in [6.07, 6.45) is 0.489. The molecule has 1 aromatic carbocycles. The van der Waals surface area contributed by atoms with Crippen molar-refractivity contribution in [2.24, 2.45) is 5.41 Å². The third-order valence-electron chi connectivity index (χ3n) is 3.40. The zero-order valence-corrected chi connectivity index (χ0v) is 10.8. The molecule has 1 aliphatic heterocycles. The zero-order chi connectivity index (χ0) is 12.5. The molecule has 2 N–H and O–H groups in total. The van der Waals surface area contributed by atoms with Crippen molar-refractivity contribution in [1.29, 1.82) is 0 Å². The number of ether oxygens (including phenoxy) is 1. The van der Waals surface area contributed by atoms with Crippen LogP contribution in [0.1, 0.15) is 31.1 Å². The van der Waals surface area contributed by atoms with Gasteiger partial charge in [-0.2, -0.15) is 0 Å². The highest BCUT2D eigenvalue weighted by molar-refractivity contribution is 5.40. The number of nitrogens with one attached hydrogen (secondary N) is 1. The van der Waals surface area contributed by atoms with Gasteiger partial charge in [0.1, 0.15) is 5.75 Å². The Morgan fingerprint density at radius 1 is 1.47 bits per heavy atom. The van der Waals surface area contributed by atoms with E-state index in [1.165, 1.54) is 5.56 Å². The Morgan fingerprint density at radius 2 is 2.24 bits per heavy atom. The van der Waals surface area contributed by atoms with Crippen LogP contribution in [0.4, 0.5) is 0 Å². The molecular weight excluding hydrogens is 214 g/mol. The molecule has 0 fully saturated rings. The average Bonchev–Trinajstić information content (AvgIpc) is 2.74. The molecule has 1 atom stereocenters. The maximum atomic E-state index is 10.4. The van der Waals surface area contributed by atoms with Crippen molar-refractivity contribution in [1.82, 2.24) is 5.32 Å². The third kappa shape index (κ3) is 2.45. The van der Waals surface area contributed by atoms with Gasteiger partial charge in [-0.1, -0.05) is 19.9 Å². The van der Waals surface area contributed by atoms with Crippen molar-refractivity contribution < 1.29 is 9.84 Å². The fourth-order valence-corrected chi connectivity index (χ4v) is 2.38. The van der Waals surface area contributed by atoms with Gasteiger partial charge in [0, 0.05) is 18.4 Å². The number of fused-ring (bicyclic) bond motifs is 1. The van der Waals surface area contributed by atoms with E-state index in [2.05, 4.69) is 25.2 Å². The van der Waals surface area contributed by atoms with Gasteiger partial charge in [-0.05, 0) is 30.3 Å². The standard InChI is InChI=1S/C14H21NO2/c1-14(2,9-15-3)13(16)11-4-5-12-10(8-11)6-7-17-12/h4-5,8,13,15-16H,6-7,9H2,1-3H3. The van der Waals surface area contributed by atoms with E-state index in [-0.39, 0.29) is 5.41 Å². The summed E-state index contributed by atoms with van der Waals surface area (Å²) in [4.78, 5) is 0. The Bertz CT molecular complexity index is 401. The molecule has 17 heavy (non-hydrogen) atoms. The number of aliphatic hydroxyl groups excluding tert-OH is 1. The summed E-state index contributed by atoms with van der Waals surface area (Å²) < 4.78 is 5.47. The second-order valence-corrected chi connectivity index (χ2v) is 5.39. The van der Waals surface area contributed by atoms with Crippen molar-refractivity contribution in [3.8, 4) is 5.75 Å². The third-order valence-corrected chi connectivity index (χ3v) is 3.40. The molecule has 1 heterocycles. The first-order chi connectivity index (χ1) is 8.04. The van der Waals surface area contributed by atoms with E-state index in [0.29, 0.717) is 0 Å². The van der Waals surface area contributed by atoms with E-state index in [1.54, 1.807) is 0 Å². The number of rotatable bonds is 4. The first-order valence-electron chi connectivity index (χ1n) is 6.13. The summed E-state index contributed by atoms with van der Waals surface area (Å²) >= 11 is 0. The van der Waals surface area contributed by atoms with Crippen LogP contribution in [0.25, 0.3) is 0 Å². The number of hydrogen-bond acceptors (Lipinski definition) is 3. The first kappa shape index (κ1) is 12.4. The molecule has 2 rings (SSSR count). The van der Waals surface area contributed by atoms with Crippen LogP contribution in [0.2, 0.25) is 0 Å². The molecule has 94 valence electrons. The second kappa shape index (κ2) is 4.67. The average molecular weight is 235 g/mol. The van der Waals surface area contributed by atoms with Crippen molar-refractivity contribution >= 4 is 0 Å². The van der Waals surface area contributed by atoms with E-state index in [9.17, 15) is 5.11 Å². The molecule has 0 saturated heterocycles. The van der Waals surface area contributed by atoms with Gasteiger partial charge in [0.05, 0.1) is 12.7 Å². The number of benzene rings is 1. The van der Waals surface area contributed by atoms with E-state index >= 15 is 0 Å². The van der Waals surface area contributed by atoms with Gasteiger partial charge in [0.15, 0.2) is 0 Å². The molecule has 0 bridgehead atoms. The lowest BCUT2D eigenvalue weighted by Gasteiger charge is -2.30. The lowest BCUT2D eigenvalue weighted by Crippen LogP contribution is -2.32. The minimum atomic E-state index is -0.458. The summed E-state index contributed by atoms with van der Waals surface area (Å²) in [7, 11) is 1.91. The van der Waals surface area contributed by atoms with Crippen LogP contribution < -0.4 is 10.1 Å². The zero-order valence-electron chi connectivity index (χ0n) is 10.8. The summed E-state index contributed by atoms with van der Waals surface area (Å²) in [6, 6.07) is 6.01. The lowest BCUT2D eigenvalue weighted by atomic mass is 9.82. The van der Waals surface area contributed by atoms with Crippen LogP contribution in [0.15, 0.2) is 18.2 Å². The van der Waals surface area contributed by atoms with Crippen LogP contribution in [0.3, 0.4) is 0 Å². The van der Waals surface area contributed by atoms with Gasteiger partial charge in [0.2, 0.25) is 0 Å². The molecule has 1 aliphatic rings. The van der Waals surface area contributed by atoms with Crippen molar-refractivity contribution in [2.75, 3.05) is 20.2 Å². The van der Waals surface area contributed by atoms with E-state index < -0.39 is 6.10 Å². The topological polar surface area (TPSA) is 41.5 Å². The van der Waals surface area contributed by atoms with E-state index in [0.717, 1.165) is 30.9 Å². The molecule has 3 heteroatoms. The summed E-state index contributed by atoms with van der Waals surface area (Å²) in [5, 5.41) is 13.6. The van der Waals surface area contributed by atoms with Crippen molar-refractivity contribution in [3.05, 3.63) is 29.3 Å². The molecular formula is C14H21NO2. The molecule has 1 unspecified atom stereocenters. The maximum Gasteiger partial charge on any atom is 0.122 e. The molecule has 0 aliphatic carbocycles. The van der Waals surface area contributed by atoms with Crippen molar-refractivity contribution in [3.63, 3.8) is 0 Å². The highest BCUT2D eigenvalue weighted by Gasteiger charge is 2.29.